The Kier molecular flexibility index (Phi) is 6.01. The monoisotopic (exact) mass is 304 g/mol. The van der Waals surface area contributed by atoms with Crippen LogP contribution in [0.1, 0.15) is 18.7 Å². The van der Waals surface area contributed by atoms with Gasteiger partial charge in [0.2, 0.25) is 5.91 Å². The van der Waals surface area contributed by atoms with Gasteiger partial charge in [-0.2, -0.15) is 0 Å². The van der Waals surface area contributed by atoms with Crippen LogP contribution in [0.2, 0.25) is 0 Å². The number of thiophene rings is 1. The van der Waals surface area contributed by atoms with E-state index >= 15 is 0 Å². The second-order valence-corrected chi connectivity index (χ2v) is 5.94. The molecule has 1 heterocycles. The second kappa shape index (κ2) is 7.04. The van der Waals surface area contributed by atoms with Crippen molar-refractivity contribution in [1.82, 2.24) is 10.6 Å². The highest BCUT2D eigenvalue weighted by Crippen LogP contribution is 2.19. The fraction of sp³-hybridized carbons (Fsp3) is 0.545. The van der Waals surface area contributed by atoms with Crippen LogP contribution in [0.5, 0.6) is 0 Å². The number of carbonyl (C=O) groups excluding carboxylic acids is 1. The van der Waals surface area contributed by atoms with Gasteiger partial charge >= 0.3 is 0 Å². The molecular formula is C11H17BrN2OS. The zero-order valence-electron chi connectivity index (χ0n) is 9.55. The topological polar surface area (TPSA) is 41.1 Å². The van der Waals surface area contributed by atoms with Crippen LogP contribution < -0.4 is 10.6 Å². The summed E-state index contributed by atoms with van der Waals surface area (Å²) in [5, 5.41) is 8.02. The molecule has 0 saturated carbocycles. The summed E-state index contributed by atoms with van der Waals surface area (Å²) in [5.74, 6) is 0.557. The maximum Gasteiger partial charge on any atom is 0.233 e. The van der Waals surface area contributed by atoms with Crippen molar-refractivity contribution in [1.29, 1.82) is 0 Å². The zero-order chi connectivity index (χ0) is 12.0. The lowest BCUT2D eigenvalue weighted by Gasteiger charge is -2.07. The molecule has 0 saturated heterocycles. The van der Waals surface area contributed by atoms with E-state index in [1.807, 2.05) is 5.38 Å². The summed E-state index contributed by atoms with van der Waals surface area (Å²) in [6.45, 7) is 6.02. The smallest absolute Gasteiger partial charge is 0.233 e. The maximum absolute atomic E-state index is 11.4. The first-order valence-corrected chi connectivity index (χ1v) is 6.95. The van der Waals surface area contributed by atoms with Gasteiger partial charge in [0.05, 0.1) is 6.54 Å². The number of rotatable bonds is 6. The van der Waals surface area contributed by atoms with Crippen LogP contribution >= 0.6 is 27.3 Å². The Labute approximate surface area is 109 Å². The molecule has 90 valence electrons. The van der Waals surface area contributed by atoms with Crippen LogP contribution in [0.15, 0.2) is 15.9 Å². The molecule has 0 aliphatic carbocycles. The van der Waals surface area contributed by atoms with Crippen LogP contribution in [-0.2, 0) is 11.3 Å². The number of halogens is 1. The number of hydrogen-bond acceptors (Lipinski definition) is 3. The van der Waals surface area contributed by atoms with Gasteiger partial charge in [-0.15, -0.1) is 11.3 Å². The summed E-state index contributed by atoms with van der Waals surface area (Å²) < 4.78 is 1.10. The average Bonchev–Trinajstić information content (AvgIpc) is 2.61. The second-order valence-electron chi connectivity index (χ2n) is 4.03. The highest BCUT2D eigenvalue weighted by atomic mass is 79.9. The summed E-state index contributed by atoms with van der Waals surface area (Å²) in [6.07, 6.45) is 0. The SMILES string of the molecule is CC(C)CNC(=O)CNCc1cc(Br)cs1. The van der Waals surface area contributed by atoms with Crippen molar-refractivity contribution in [3.63, 3.8) is 0 Å². The molecule has 0 atom stereocenters. The van der Waals surface area contributed by atoms with Gasteiger partial charge in [-0.3, -0.25) is 4.79 Å². The largest absolute Gasteiger partial charge is 0.355 e. The lowest BCUT2D eigenvalue weighted by Crippen LogP contribution is -2.35. The van der Waals surface area contributed by atoms with Crippen LogP contribution in [0.25, 0.3) is 0 Å². The summed E-state index contributed by atoms with van der Waals surface area (Å²) in [6, 6.07) is 2.06. The van der Waals surface area contributed by atoms with Gasteiger partial charge in [0, 0.05) is 27.8 Å². The predicted octanol–water partition coefficient (Wildman–Crippen LogP) is 2.37. The maximum atomic E-state index is 11.4. The highest BCUT2D eigenvalue weighted by Gasteiger charge is 2.02. The Morgan fingerprint density at radius 2 is 2.31 bits per heavy atom. The van der Waals surface area contributed by atoms with Gasteiger partial charge in [0.1, 0.15) is 0 Å². The van der Waals surface area contributed by atoms with Crippen LogP contribution in [-0.4, -0.2) is 19.0 Å². The molecule has 0 aromatic carbocycles. The van der Waals surface area contributed by atoms with E-state index in [0.717, 1.165) is 17.6 Å². The van der Waals surface area contributed by atoms with Crippen molar-refractivity contribution in [3.05, 3.63) is 20.8 Å². The number of carbonyl (C=O) groups is 1. The molecule has 1 aromatic rings. The molecule has 0 unspecified atom stereocenters. The minimum atomic E-state index is 0.0596. The van der Waals surface area contributed by atoms with Gasteiger partial charge in [-0.05, 0) is 27.9 Å². The molecule has 0 radical (unpaired) electrons. The molecule has 16 heavy (non-hydrogen) atoms. The minimum Gasteiger partial charge on any atom is -0.355 e. The molecule has 0 bridgehead atoms. The Hall–Kier alpha value is -0.390. The quantitative estimate of drug-likeness (QED) is 0.847. The first-order chi connectivity index (χ1) is 7.58. The van der Waals surface area contributed by atoms with E-state index < -0.39 is 0 Å². The van der Waals surface area contributed by atoms with Gasteiger partial charge in [-0.1, -0.05) is 13.8 Å². The van der Waals surface area contributed by atoms with Gasteiger partial charge in [0.15, 0.2) is 0 Å². The van der Waals surface area contributed by atoms with E-state index in [1.165, 1.54) is 4.88 Å². The standard InChI is InChI=1S/C11H17BrN2OS/c1-8(2)4-14-11(15)6-13-5-10-3-9(12)7-16-10/h3,7-8,13H,4-6H2,1-2H3,(H,14,15). The number of nitrogens with one attached hydrogen (secondary N) is 2. The van der Waals surface area contributed by atoms with Crippen molar-refractivity contribution < 1.29 is 4.79 Å². The molecule has 1 aromatic heterocycles. The lowest BCUT2D eigenvalue weighted by molar-refractivity contribution is -0.120. The number of amides is 1. The molecule has 5 heteroatoms. The summed E-state index contributed by atoms with van der Waals surface area (Å²) >= 11 is 5.08. The molecule has 0 aliphatic rings. The van der Waals surface area contributed by atoms with Crippen LogP contribution in [0.4, 0.5) is 0 Å². The van der Waals surface area contributed by atoms with E-state index in [9.17, 15) is 4.79 Å². The third-order valence-electron chi connectivity index (χ3n) is 1.91. The molecular weight excluding hydrogens is 288 g/mol. The van der Waals surface area contributed by atoms with E-state index in [-0.39, 0.29) is 5.91 Å². The summed E-state index contributed by atoms with van der Waals surface area (Å²) in [7, 11) is 0. The predicted molar refractivity (Wildman–Crippen MR) is 71.6 cm³/mol. The minimum absolute atomic E-state index is 0.0596. The van der Waals surface area contributed by atoms with Crippen LogP contribution in [0.3, 0.4) is 0 Å². The summed E-state index contributed by atoms with van der Waals surface area (Å²) in [4.78, 5) is 12.6. The normalized spacial score (nSPS) is 10.8. The molecule has 0 spiro atoms. The van der Waals surface area contributed by atoms with E-state index in [0.29, 0.717) is 12.5 Å². The first kappa shape index (κ1) is 13.7. The molecule has 3 nitrogen and oxygen atoms in total. The highest BCUT2D eigenvalue weighted by molar-refractivity contribution is 9.10. The third kappa shape index (κ3) is 5.63. The van der Waals surface area contributed by atoms with Crippen molar-refractivity contribution in [2.75, 3.05) is 13.1 Å². The molecule has 1 amide bonds. The molecule has 2 N–H and O–H groups in total. The fourth-order valence-corrected chi connectivity index (χ4v) is 2.55. The van der Waals surface area contributed by atoms with Gasteiger partial charge < -0.3 is 10.6 Å². The average molecular weight is 305 g/mol. The molecule has 1 rings (SSSR count). The van der Waals surface area contributed by atoms with E-state index in [1.54, 1.807) is 11.3 Å². The number of hydrogen-bond donors (Lipinski definition) is 2. The third-order valence-corrected chi connectivity index (χ3v) is 3.61. The first-order valence-electron chi connectivity index (χ1n) is 5.28. The zero-order valence-corrected chi connectivity index (χ0v) is 12.0. The van der Waals surface area contributed by atoms with Crippen molar-refractivity contribution in [2.24, 2.45) is 5.92 Å². The van der Waals surface area contributed by atoms with Gasteiger partial charge in [-0.25, -0.2) is 0 Å². The van der Waals surface area contributed by atoms with Crippen molar-refractivity contribution in [2.45, 2.75) is 20.4 Å². The van der Waals surface area contributed by atoms with Crippen molar-refractivity contribution in [3.8, 4) is 0 Å². The Morgan fingerprint density at radius 3 is 2.88 bits per heavy atom. The van der Waals surface area contributed by atoms with Crippen LogP contribution in [0, 0.1) is 5.92 Å². The Morgan fingerprint density at radius 1 is 1.56 bits per heavy atom. The van der Waals surface area contributed by atoms with Gasteiger partial charge in [0.25, 0.3) is 0 Å². The summed E-state index contributed by atoms with van der Waals surface area (Å²) in [5.41, 5.74) is 0. The van der Waals surface area contributed by atoms with E-state index in [2.05, 4.69) is 46.5 Å². The Bertz CT molecular complexity index is 338. The van der Waals surface area contributed by atoms with E-state index in [4.69, 9.17) is 0 Å². The molecule has 0 fully saturated rings. The fourth-order valence-electron chi connectivity index (χ4n) is 1.13. The lowest BCUT2D eigenvalue weighted by atomic mass is 10.2. The Balaban J connectivity index is 2.13. The molecule has 0 aliphatic heterocycles. The van der Waals surface area contributed by atoms with Crippen molar-refractivity contribution >= 4 is 33.2 Å².